The number of pyridine rings is 1. The van der Waals surface area contributed by atoms with Gasteiger partial charge in [-0.1, -0.05) is 47.5 Å². The number of hydrogen-bond donors (Lipinski definition) is 1. The zero-order valence-electron chi connectivity index (χ0n) is 18.7. The van der Waals surface area contributed by atoms with E-state index in [0.29, 0.717) is 21.3 Å². The first-order valence-electron chi connectivity index (χ1n) is 10.7. The van der Waals surface area contributed by atoms with Gasteiger partial charge in [0, 0.05) is 58.2 Å². The lowest BCUT2D eigenvalue weighted by Gasteiger charge is -2.24. The Bertz CT molecular complexity index is 1590. The van der Waals surface area contributed by atoms with Crippen molar-refractivity contribution in [1.29, 1.82) is 0 Å². The number of aryl methyl sites for hydroxylation is 2. The first-order valence-corrected chi connectivity index (χ1v) is 11.5. The fourth-order valence-electron chi connectivity index (χ4n) is 4.60. The Morgan fingerprint density at radius 2 is 1.71 bits per heavy atom. The number of benzene rings is 3. The van der Waals surface area contributed by atoms with Gasteiger partial charge in [0.25, 0.3) is 5.56 Å². The van der Waals surface area contributed by atoms with Crippen molar-refractivity contribution in [1.82, 2.24) is 14.1 Å². The molecule has 0 radical (unpaired) electrons. The van der Waals surface area contributed by atoms with Crippen molar-refractivity contribution in [2.24, 2.45) is 14.1 Å². The van der Waals surface area contributed by atoms with Crippen molar-refractivity contribution in [3.05, 3.63) is 116 Å². The van der Waals surface area contributed by atoms with Crippen LogP contribution in [0.25, 0.3) is 22.0 Å². The van der Waals surface area contributed by atoms with Crippen LogP contribution in [0.5, 0.6) is 0 Å². The topological polar surface area (TPSA) is 65.8 Å². The molecule has 7 heteroatoms. The number of hydrogen-bond acceptors (Lipinski definition) is 3. The number of anilines is 1. The SMILES string of the molecule is Cn1cncc1[C@H](c1ccc(Cl)cc1)c1c(-c2cccc(Cl)c2)c2cc(N)ccc2n(C)c1=O. The highest BCUT2D eigenvalue weighted by Gasteiger charge is 2.29. The normalized spacial score (nSPS) is 12.2. The van der Waals surface area contributed by atoms with Crippen molar-refractivity contribution in [3.63, 3.8) is 0 Å². The fraction of sp³-hybridized carbons (Fsp3) is 0.111. The van der Waals surface area contributed by atoms with Crippen LogP contribution in [0.15, 0.2) is 84.0 Å². The van der Waals surface area contributed by atoms with E-state index >= 15 is 0 Å². The minimum absolute atomic E-state index is 0.103. The van der Waals surface area contributed by atoms with Crippen molar-refractivity contribution in [2.45, 2.75) is 5.92 Å². The molecule has 1 atom stereocenters. The molecule has 0 unspecified atom stereocenters. The molecule has 2 N–H and O–H groups in total. The highest BCUT2D eigenvalue weighted by Crippen LogP contribution is 2.40. The highest BCUT2D eigenvalue weighted by atomic mass is 35.5. The number of imidazole rings is 1. The van der Waals surface area contributed by atoms with Crippen LogP contribution < -0.4 is 11.3 Å². The molecule has 0 aliphatic rings. The summed E-state index contributed by atoms with van der Waals surface area (Å²) in [5.41, 5.74) is 11.6. The van der Waals surface area contributed by atoms with Gasteiger partial charge in [-0.2, -0.15) is 0 Å². The van der Waals surface area contributed by atoms with Crippen LogP contribution in [-0.4, -0.2) is 14.1 Å². The summed E-state index contributed by atoms with van der Waals surface area (Å²) in [5.74, 6) is -0.400. The van der Waals surface area contributed by atoms with Crippen LogP contribution in [0.1, 0.15) is 22.7 Å². The molecule has 0 amide bonds. The van der Waals surface area contributed by atoms with Gasteiger partial charge in [-0.15, -0.1) is 0 Å². The predicted molar refractivity (Wildman–Crippen MR) is 140 cm³/mol. The first-order chi connectivity index (χ1) is 16.3. The maximum Gasteiger partial charge on any atom is 0.255 e. The molecule has 0 aliphatic heterocycles. The molecule has 34 heavy (non-hydrogen) atoms. The van der Waals surface area contributed by atoms with Crippen LogP contribution in [0, 0.1) is 0 Å². The average Bonchev–Trinajstić information content (AvgIpc) is 3.24. The smallest absolute Gasteiger partial charge is 0.255 e. The monoisotopic (exact) mass is 488 g/mol. The Morgan fingerprint density at radius 3 is 2.38 bits per heavy atom. The summed E-state index contributed by atoms with van der Waals surface area (Å²) >= 11 is 12.6. The van der Waals surface area contributed by atoms with E-state index in [1.54, 1.807) is 30.2 Å². The van der Waals surface area contributed by atoms with Gasteiger partial charge in [-0.05, 0) is 53.6 Å². The van der Waals surface area contributed by atoms with Gasteiger partial charge in [0.2, 0.25) is 0 Å². The second kappa shape index (κ2) is 8.67. The van der Waals surface area contributed by atoms with Crippen molar-refractivity contribution in [2.75, 3.05) is 5.73 Å². The van der Waals surface area contributed by atoms with Crippen molar-refractivity contribution < 1.29 is 0 Å². The number of aromatic nitrogens is 3. The van der Waals surface area contributed by atoms with E-state index in [4.69, 9.17) is 28.9 Å². The lowest BCUT2D eigenvalue weighted by atomic mass is 9.83. The number of nitrogen functional groups attached to an aromatic ring is 1. The van der Waals surface area contributed by atoms with Crippen LogP contribution in [0.3, 0.4) is 0 Å². The average molecular weight is 489 g/mol. The van der Waals surface area contributed by atoms with Gasteiger partial charge in [0.1, 0.15) is 0 Å². The van der Waals surface area contributed by atoms with E-state index < -0.39 is 5.92 Å². The number of halogens is 2. The molecule has 0 bridgehead atoms. The number of fused-ring (bicyclic) bond motifs is 1. The largest absolute Gasteiger partial charge is 0.399 e. The Kier molecular flexibility index (Phi) is 5.68. The first kappa shape index (κ1) is 22.3. The van der Waals surface area contributed by atoms with E-state index in [-0.39, 0.29) is 5.56 Å². The molecule has 2 aromatic heterocycles. The zero-order valence-corrected chi connectivity index (χ0v) is 20.2. The molecular formula is C27H22Cl2N4O. The van der Waals surface area contributed by atoms with Gasteiger partial charge in [0.15, 0.2) is 0 Å². The third-order valence-electron chi connectivity index (χ3n) is 6.21. The van der Waals surface area contributed by atoms with Crippen molar-refractivity contribution >= 4 is 39.8 Å². The highest BCUT2D eigenvalue weighted by molar-refractivity contribution is 6.31. The third kappa shape index (κ3) is 3.77. The summed E-state index contributed by atoms with van der Waals surface area (Å²) in [6.45, 7) is 0. The summed E-state index contributed by atoms with van der Waals surface area (Å²) in [6.07, 6.45) is 3.53. The standard InChI is InChI=1S/C27H22Cl2N4O/c1-32-15-31-14-23(32)25(16-6-8-18(28)9-7-16)26-24(17-4-3-5-19(29)12-17)21-13-20(30)10-11-22(21)33(2)27(26)34/h3-15,25H,30H2,1-2H3/t25-/m0/s1. The number of nitrogens with two attached hydrogens (primary N) is 1. The lowest BCUT2D eigenvalue weighted by Crippen LogP contribution is -2.27. The molecule has 0 fully saturated rings. The molecule has 0 saturated heterocycles. The Balaban J connectivity index is 1.98. The second-order valence-corrected chi connectivity index (χ2v) is 9.23. The maximum absolute atomic E-state index is 14.1. The maximum atomic E-state index is 14.1. The van der Waals surface area contributed by atoms with E-state index in [2.05, 4.69) is 4.98 Å². The number of nitrogens with zero attached hydrogens (tertiary/aromatic N) is 3. The molecule has 0 spiro atoms. The number of rotatable bonds is 4. The van der Waals surface area contributed by atoms with Gasteiger partial charge < -0.3 is 14.9 Å². The minimum atomic E-state index is -0.400. The molecule has 5 aromatic rings. The van der Waals surface area contributed by atoms with Crippen LogP contribution in [0.2, 0.25) is 10.0 Å². The molecule has 5 rings (SSSR count). The molecular weight excluding hydrogens is 467 g/mol. The van der Waals surface area contributed by atoms with Crippen LogP contribution >= 0.6 is 23.2 Å². The van der Waals surface area contributed by atoms with Gasteiger partial charge >= 0.3 is 0 Å². The van der Waals surface area contributed by atoms with Crippen LogP contribution in [-0.2, 0) is 14.1 Å². The zero-order chi connectivity index (χ0) is 24.0. The lowest BCUT2D eigenvalue weighted by molar-refractivity contribution is 0.774. The molecule has 2 heterocycles. The van der Waals surface area contributed by atoms with Gasteiger partial charge in [0.05, 0.1) is 17.8 Å². The van der Waals surface area contributed by atoms with E-state index in [1.165, 1.54) is 0 Å². The molecule has 5 nitrogen and oxygen atoms in total. The minimum Gasteiger partial charge on any atom is -0.399 e. The molecule has 3 aromatic carbocycles. The molecule has 0 saturated carbocycles. The summed E-state index contributed by atoms with van der Waals surface area (Å²) in [4.78, 5) is 18.4. The summed E-state index contributed by atoms with van der Waals surface area (Å²) in [6, 6.07) is 20.7. The third-order valence-corrected chi connectivity index (χ3v) is 6.70. The van der Waals surface area contributed by atoms with E-state index in [0.717, 1.165) is 33.3 Å². The summed E-state index contributed by atoms with van der Waals surface area (Å²) in [7, 11) is 3.71. The fourth-order valence-corrected chi connectivity index (χ4v) is 4.91. The molecule has 0 aliphatic carbocycles. The Labute approximate surface area is 207 Å². The Morgan fingerprint density at radius 1 is 0.941 bits per heavy atom. The molecule has 170 valence electrons. The van der Waals surface area contributed by atoms with E-state index in [9.17, 15) is 4.79 Å². The van der Waals surface area contributed by atoms with Gasteiger partial charge in [-0.25, -0.2) is 4.98 Å². The predicted octanol–water partition coefficient (Wildman–Crippen LogP) is 6.01. The Hall–Kier alpha value is -3.54. The summed E-state index contributed by atoms with van der Waals surface area (Å²) < 4.78 is 3.61. The quantitative estimate of drug-likeness (QED) is 0.315. The van der Waals surface area contributed by atoms with Gasteiger partial charge in [-0.3, -0.25) is 4.79 Å². The summed E-state index contributed by atoms with van der Waals surface area (Å²) in [5, 5.41) is 2.09. The van der Waals surface area contributed by atoms with Crippen LogP contribution in [0.4, 0.5) is 5.69 Å². The van der Waals surface area contributed by atoms with E-state index in [1.807, 2.05) is 72.3 Å². The van der Waals surface area contributed by atoms with Crippen molar-refractivity contribution in [3.8, 4) is 11.1 Å². The second-order valence-electron chi connectivity index (χ2n) is 8.35.